The Morgan fingerprint density at radius 3 is 2.65 bits per heavy atom. The summed E-state index contributed by atoms with van der Waals surface area (Å²) in [6.45, 7) is 3.76. The zero-order valence-corrected chi connectivity index (χ0v) is 19.1. The third-order valence-electron chi connectivity index (χ3n) is 7.21. The van der Waals surface area contributed by atoms with Crippen molar-refractivity contribution in [2.45, 2.75) is 51.6 Å². The maximum atomic E-state index is 14.0. The summed E-state index contributed by atoms with van der Waals surface area (Å²) >= 11 is 0. The van der Waals surface area contributed by atoms with Crippen LogP contribution in [-0.4, -0.2) is 43.0 Å². The summed E-state index contributed by atoms with van der Waals surface area (Å²) in [6, 6.07) is 3.79. The number of hydrogen-bond donors (Lipinski definition) is 2. The lowest BCUT2D eigenvalue weighted by Crippen LogP contribution is -2.22. The number of pyridine rings is 1. The third-order valence-corrected chi connectivity index (χ3v) is 7.21. The maximum Gasteiger partial charge on any atom is 0.306 e. The fourth-order valence-corrected chi connectivity index (χ4v) is 4.98. The number of fused-ring (bicyclic) bond motifs is 1. The Labute approximate surface area is 196 Å². The van der Waals surface area contributed by atoms with Crippen LogP contribution in [0.2, 0.25) is 0 Å². The van der Waals surface area contributed by atoms with E-state index in [-0.39, 0.29) is 17.8 Å². The van der Waals surface area contributed by atoms with E-state index in [9.17, 15) is 14.3 Å². The number of aliphatic carboxylic acids is 1. The van der Waals surface area contributed by atoms with Crippen molar-refractivity contribution in [3.63, 3.8) is 0 Å². The Kier molecular flexibility index (Phi) is 5.63. The standard InChI is InChI=1S/C25H27FN6O2/c1-13-18(10-28-12-20(13)26)21-8-7-17(9-29-21)19-11-30-32-23(27)14(2)22(31-24(19)32)15-3-5-16(6-4-15)25(33)34/h7-13,15-16,20H,3-6,27H2,1-2H3,(H,33,34). The molecule has 0 bridgehead atoms. The molecule has 0 amide bonds. The molecule has 3 aromatic rings. The van der Waals surface area contributed by atoms with Gasteiger partial charge in [-0.05, 0) is 38.7 Å². The second-order valence-electron chi connectivity index (χ2n) is 9.24. The zero-order valence-electron chi connectivity index (χ0n) is 19.1. The molecule has 0 radical (unpaired) electrons. The number of allylic oxidation sites excluding steroid dienone is 1. The highest BCUT2D eigenvalue weighted by Gasteiger charge is 2.30. The first-order valence-electron chi connectivity index (χ1n) is 11.6. The third kappa shape index (κ3) is 3.74. The lowest BCUT2D eigenvalue weighted by Gasteiger charge is -2.27. The number of aromatic nitrogens is 4. The van der Waals surface area contributed by atoms with Crippen molar-refractivity contribution in [2.24, 2.45) is 16.8 Å². The Hall–Kier alpha value is -3.62. The first-order valence-corrected chi connectivity index (χ1v) is 11.6. The quantitative estimate of drug-likeness (QED) is 0.592. The van der Waals surface area contributed by atoms with Gasteiger partial charge in [-0.1, -0.05) is 13.0 Å². The fourth-order valence-electron chi connectivity index (χ4n) is 4.98. The maximum absolute atomic E-state index is 14.0. The van der Waals surface area contributed by atoms with Gasteiger partial charge in [-0.25, -0.2) is 9.37 Å². The van der Waals surface area contributed by atoms with Crippen LogP contribution >= 0.6 is 0 Å². The topological polar surface area (TPSA) is 119 Å². The normalized spacial score (nSPS) is 24.9. The highest BCUT2D eigenvalue weighted by atomic mass is 19.1. The van der Waals surface area contributed by atoms with Crippen molar-refractivity contribution in [1.82, 2.24) is 19.6 Å². The molecular weight excluding hydrogens is 435 g/mol. The van der Waals surface area contributed by atoms with E-state index in [0.29, 0.717) is 30.0 Å². The molecule has 176 valence electrons. The van der Waals surface area contributed by atoms with Crippen LogP contribution in [0.4, 0.5) is 10.2 Å². The number of anilines is 1. The van der Waals surface area contributed by atoms with E-state index >= 15 is 0 Å². The Morgan fingerprint density at radius 1 is 1.21 bits per heavy atom. The Bertz CT molecular complexity index is 1310. The van der Waals surface area contributed by atoms with Gasteiger partial charge in [0.15, 0.2) is 5.65 Å². The van der Waals surface area contributed by atoms with Crippen LogP contribution in [0.3, 0.4) is 0 Å². The lowest BCUT2D eigenvalue weighted by atomic mass is 9.79. The number of alkyl halides is 1. The molecule has 2 unspecified atom stereocenters. The van der Waals surface area contributed by atoms with Gasteiger partial charge in [0.1, 0.15) is 12.0 Å². The number of nitrogen functional groups attached to an aromatic ring is 1. The lowest BCUT2D eigenvalue weighted by molar-refractivity contribution is -0.142. The first kappa shape index (κ1) is 22.2. The molecule has 0 saturated heterocycles. The van der Waals surface area contributed by atoms with Crippen LogP contribution < -0.4 is 5.73 Å². The van der Waals surface area contributed by atoms with Crippen LogP contribution in [0.15, 0.2) is 35.7 Å². The van der Waals surface area contributed by atoms with E-state index < -0.39 is 12.1 Å². The number of nitrogens with zero attached hydrogens (tertiary/aromatic N) is 5. The first-order chi connectivity index (χ1) is 16.3. The van der Waals surface area contributed by atoms with Crippen LogP contribution in [0.25, 0.3) is 22.3 Å². The number of carboxylic acid groups (broad SMARTS) is 1. The fraction of sp³-hybridized carbons (Fsp3) is 0.400. The van der Waals surface area contributed by atoms with Gasteiger partial charge in [0.2, 0.25) is 0 Å². The number of carbonyl (C=O) groups is 1. The molecule has 2 aliphatic rings. The molecular formula is C25H27FN6O2. The predicted octanol–water partition coefficient (Wildman–Crippen LogP) is 4.44. The van der Waals surface area contributed by atoms with Crippen LogP contribution in [-0.2, 0) is 4.79 Å². The van der Waals surface area contributed by atoms with E-state index in [1.54, 1.807) is 23.1 Å². The average Bonchev–Trinajstić information content (AvgIpc) is 3.27. The Morgan fingerprint density at radius 2 is 1.97 bits per heavy atom. The number of halogens is 1. The summed E-state index contributed by atoms with van der Waals surface area (Å²) < 4.78 is 15.7. The van der Waals surface area contributed by atoms with Crippen LogP contribution in [0, 0.1) is 18.8 Å². The van der Waals surface area contributed by atoms with Gasteiger partial charge in [-0.3, -0.25) is 14.8 Å². The van der Waals surface area contributed by atoms with Crippen molar-refractivity contribution < 1.29 is 14.3 Å². The monoisotopic (exact) mass is 462 g/mol. The van der Waals surface area contributed by atoms with Crippen LogP contribution in [0.5, 0.6) is 0 Å². The van der Waals surface area contributed by atoms with Gasteiger partial charge in [0.25, 0.3) is 0 Å². The number of carboxylic acids is 1. The minimum absolute atomic E-state index is 0.167. The molecule has 4 heterocycles. The van der Waals surface area contributed by atoms with Gasteiger partial charge >= 0.3 is 5.97 Å². The number of hydrogen-bond acceptors (Lipinski definition) is 6. The minimum atomic E-state index is -1.12. The van der Waals surface area contributed by atoms with Crippen molar-refractivity contribution in [3.05, 3.63) is 47.7 Å². The van der Waals surface area contributed by atoms with E-state index in [0.717, 1.165) is 40.8 Å². The van der Waals surface area contributed by atoms with Crippen molar-refractivity contribution in [2.75, 3.05) is 5.73 Å². The molecule has 9 heteroatoms. The molecule has 3 N–H and O–H groups in total. The molecule has 1 aliphatic carbocycles. The van der Waals surface area contributed by atoms with Gasteiger partial charge < -0.3 is 10.8 Å². The SMILES string of the molecule is Cc1c(C2CCC(C(=O)O)CC2)nc2c(-c3ccc(C4=CN=CC(F)C4C)nc3)cnn2c1N. The van der Waals surface area contributed by atoms with Gasteiger partial charge in [0, 0.05) is 52.7 Å². The molecule has 0 spiro atoms. The molecule has 1 saturated carbocycles. The van der Waals surface area contributed by atoms with E-state index in [2.05, 4.69) is 15.1 Å². The van der Waals surface area contributed by atoms with Crippen molar-refractivity contribution in [1.29, 1.82) is 0 Å². The van der Waals surface area contributed by atoms with Gasteiger partial charge in [-0.15, -0.1) is 0 Å². The van der Waals surface area contributed by atoms with Gasteiger partial charge in [-0.2, -0.15) is 9.61 Å². The molecule has 3 aromatic heterocycles. The summed E-state index contributed by atoms with van der Waals surface area (Å²) in [5.41, 5.74) is 12.0. The van der Waals surface area contributed by atoms with E-state index in [4.69, 9.17) is 10.7 Å². The highest BCUT2D eigenvalue weighted by Crippen LogP contribution is 2.38. The number of aliphatic imine (C=N–C) groups is 1. The number of rotatable bonds is 4. The summed E-state index contributed by atoms with van der Waals surface area (Å²) in [5.74, 6) is -0.618. The largest absolute Gasteiger partial charge is 0.481 e. The molecule has 1 fully saturated rings. The molecule has 5 rings (SSSR count). The van der Waals surface area contributed by atoms with Crippen LogP contribution in [0.1, 0.15) is 55.5 Å². The summed E-state index contributed by atoms with van der Waals surface area (Å²) in [5, 5.41) is 13.8. The minimum Gasteiger partial charge on any atom is -0.481 e. The smallest absolute Gasteiger partial charge is 0.306 e. The molecule has 0 aromatic carbocycles. The van der Waals surface area contributed by atoms with Crippen molar-refractivity contribution >= 4 is 29.2 Å². The molecule has 1 aliphatic heterocycles. The van der Waals surface area contributed by atoms with E-state index in [1.807, 2.05) is 26.0 Å². The average molecular weight is 463 g/mol. The Balaban J connectivity index is 1.49. The van der Waals surface area contributed by atoms with Gasteiger partial charge in [0.05, 0.1) is 23.5 Å². The molecule has 8 nitrogen and oxygen atoms in total. The van der Waals surface area contributed by atoms with Crippen molar-refractivity contribution in [3.8, 4) is 11.1 Å². The molecule has 2 atom stereocenters. The summed E-state index contributed by atoms with van der Waals surface area (Å²) in [7, 11) is 0. The second kappa shape index (κ2) is 8.62. The second-order valence-corrected chi connectivity index (χ2v) is 9.24. The highest BCUT2D eigenvalue weighted by molar-refractivity contribution is 5.80. The predicted molar refractivity (Wildman–Crippen MR) is 128 cm³/mol. The summed E-state index contributed by atoms with van der Waals surface area (Å²) in [6.07, 6.45) is 8.13. The molecule has 34 heavy (non-hydrogen) atoms. The zero-order chi connectivity index (χ0) is 24.0. The number of nitrogens with two attached hydrogens (primary N) is 1. The van der Waals surface area contributed by atoms with E-state index in [1.165, 1.54) is 6.21 Å². The summed E-state index contributed by atoms with van der Waals surface area (Å²) in [4.78, 5) is 24.9.